The van der Waals surface area contributed by atoms with Crippen LogP contribution in [0.3, 0.4) is 0 Å². The minimum Gasteiger partial charge on any atom is -0.389 e. The number of hydrogen-bond acceptors (Lipinski definition) is 3. The lowest BCUT2D eigenvalue weighted by Gasteiger charge is -2.27. The Morgan fingerprint density at radius 3 is 2.67 bits per heavy atom. The Labute approximate surface area is 124 Å². The van der Waals surface area contributed by atoms with Crippen LogP contribution in [0.4, 0.5) is 14.5 Å². The first-order valence-electron chi connectivity index (χ1n) is 7.53. The SMILES string of the molecule is CC1CCC(OCC(O)CNc2ccc(F)cc2F)CC1. The molecule has 0 heterocycles. The number of aliphatic hydroxyl groups excluding tert-OH is 1. The van der Waals surface area contributed by atoms with Crippen LogP contribution in [0, 0.1) is 17.6 Å². The topological polar surface area (TPSA) is 41.5 Å². The molecule has 0 bridgehead atoms. The van der Waals surface area contributed by atoms with E-state index in [1.807, 2.05) is 0 Å². The summed E-state index contributed by atoms with van der Waals surface area (Å²) in [6, 6.07) is 3.31. The summed E-state index contributed by atoms with van der Waals surface area (Å²) in [6.07, 6.45) is 3.91. The minimum absolute atomic E-state index is 0.172. The number of nitrogens with one attached hydrogen (secondary N) is 1. The van der Waals surface area contributed by atoms with Crippen molar-refractivity contribution in [2.75, 3.05) is 18.5 Å². The molecule has 1 aromatic rings. The van der Waals surface area contributed by atoms with Gasteiger partial charge in [-0.05, 0) is 43.7 Å². The van der Waals surface area contributed by atoms with E-state index in [-0.39, 0.29) is 24.9 Å². The van der Waals surface area contributed by atoms with Crippen LogP contribution < -0.4 is 5.32 Å². The molecule has 0 spiro atoms. The number of hydrogen-bond donors (Lipinski definition) is 2. The van der Waals surface area contributed by atoms with Crippen molar-refractivity contribution in [3.63, 3.8) is 0 Å². The van der Waals surface area contributed by atoms with Crippen LogP contribution in [-0.4, -0.2) is 30.5 Å². The maximum atomic E-state index is 13.4. The van der Waals surface area contributed by atoms with E-state index in [1.54, 1.807) is 0 Å². The van der Waals surface area contributed by atoms with Crippen molar-refractivity contribution < 1.29 is 18.6 Å². The normalized spacial score (nSPS) is 23.8. The smallest absolute Gasteiger partial charge is 0.149 e. The van der Waals surface area contributed by atoms with Crippen LogP contribution >= 0.6 is 0 Å². The van der Waals surface area contributed by atoms with E-state index in [9.17, 15) is 13.9 Å². The lowest BCUT2D eigenvalue weighted by Crippen LogP contribution is -2.29. The zero-order chi connectivity index (χ0) is 15.2. The molecule has 2 rings (SSSR count). The third-order valence-corrected chi connectivity index (χ3v) is 3.95. The highest BCUT2D eigenvalue weighted by atomic mass is 19.1. The fourth-order valence-corrected chi connectivity index (χ4v) is 2.56. The number of rotatable bonds is 6. The lowest BCUT2D eigenvalue weighted by atomic mass is 9.89. The molecule has 1 aliphatic rings. The highest BCUT2D eigenvalue weighted by Gasteiger charge is 2.19. The number of benzene rings is 1. The van der Waals surface area contributed by atoms with Gasteiger partial charge in [0, 0.05) is 12.6 Å². The van der Waals surface area contributed by atoms with Crippen molar-refractivity contribution in [3.05, 3.63) is 29.8 Å². The second kappa shape index (κ2) is 7.71. The molecule has 1 unspecified atom stereocenters. The van der Waals surface area contributed by atoms with E-state index in [1.165, 1.54) is 25.0 Å². The molecule has 3 nitrogen and oxygen atoms in total. The van der Waals surface area contributed by atoms with Crippen molar-refractivity contribution in [2.45, 2.75) is 44.8 Å². The second-order valence-corrected chi connectivity index (χ2v) is 5.87. The zero-order valence-electron chi connectivity index (χ0n) is 12.3. The van der Waals surface area contributed by atoms with Crippen molar-refractivity contribution in [3.8, 4) is 0 Å². The van der Waals surface area contributed by atoms with Crippen LogP contribution in [0.5, 0.6) is 0 Å². The maximum absolute atomic E-state index is 13.4. The predicted octanol–water partition coefficient (Wildman–Crippen LogP) is 3.33. The third kappa shape index (κ3) is 5.25. The maximum Gasteiger partial charge on any atom is 0.149 e. The van der Waals surface area contributed by atoms with E-state index < -0.39 is 17.7 Å². The Morgan fingerprint density at radius 1 is 1.29 bits per heavy atom. The second-order valence-electron chi connectivity index (χ2n) is 5.87. The van der Waals surface area contributed by atoms with Crippen LogP contribution in [0.1, 0.15) is 32.6 Å². The largest absolute Gasteiger partial charge is 0.389 e. The van der Waals surface area contributed by atoms with E-state index in [2.05, 4.69) is 12.2 Å². The highest BCUT2D eigenvalue weighted by Crippen LogP contribution is 2.25. The Bertz CT molecular complexity index is 448. The molecule has 5 heteroatoms. The molecule has 118 valence electrons. The summed E-state index contributed by atoms with van der Waals surface area (Å²) in [4.78, 5) is 0. The van der Waals surface area contributed by atoms with Crippen molar-refractivity contribution in [1.29, 1.82) is 0 Å². The highest BCUT2D eigenvalue weighted by molar-refractivity contribution is 5.44. The summed E-state index contributed by atoms with van der Waals surface area (Å²) in [5.41, 5.74) is 0.182. The molecule has 0 radical (unpaired) electrons. The van der Waals surface area contributed by atoms with Crippen molar-refractivity contribution in [1.82, 2.24) is 0 Å². The summed E-state index contributed by atoms with van der Waals surface area (Å²) in [5, 5.41) is 12.6. The van der Waals surface area contributed by atoms with Gasteiger partial charge in [0.2, 0.25) is 0 Å². The van der Waals surface area contributed by atoms with Crippen LogP contribution in [0.15, 0.2) is 18.2 Å². The van der Waals surface area contributed by atoms with Gasteiger partial charge in [-0.15, -0.1) is 0 Å². The number of halogens is 2. The van der Waals surface area contributed by atoms with Gasteiger partial charge in [-0.3, -0.25) is 0 Å². The summed E-state index contributed by atoms with van der Waals surface area (Å²) >= 11 is 0. The summed E-state index contributed by atoms with van der Waals surface area (Å²) in [7, 11) is 0. The first kappa shape index (κ1) is 16.2. The molecular formula is C16H23F2NO2. The molecule has 1 fully saturated rings. The third-order valence-electron chi connectivity index (χ3n) is 3.95. The Balaban J connectivity index is 1.68. The molecule has 0 aliphatic heterocycles. The zero-order valence-corrected chi connectivity index (χ0v) is 12.3. The average Bonchev–Trinajstić information content (AvgIpc) is 2.46. The number of anilines is 1. The standard InChI is InChI=1S/C16H23F2NO2/c1-11-2-5-14(6-3-11)21-10-13(20)9-19-16-7-4-12(17)8-15(16)18/h4,7-8,11,13-14,19-20H,2-3,5-6,9-10H2,1H3. The first-order valence-corrected chi connectivity index (χ1v) is 7.53. The van der Waals surface area contributed by atoms with E-state index in [0.29, 0.717) is 0 Å². The van der Waals surface area contributed by atoms with Gasteiger partial charge >= 0.3 is 0 Å². The minimum atomic E-state index is -0.714. The van der Waals surface area contributed by atoms with Crippen LogP contribution in [-0.2, 0) is 4.74 Å². The van der Waals surface area contributed by atoms with Gasteiger partial charge in [0.05, 0.1) is 24.5 Å². The van der Waals surface area contributed by atoms with E-state index in [0.717, 1.165) is 24.8 Å². The summed E-state index contributed by atoms with van der Waals surface area (Å²) < 4.78 is 31.8. The molecule has 1 aliphatic carbocycles. The first-order chi connectivity index (χ1) is 10.0. The molecule has 2 N–H and O–H groups in total. The fraction of sp³-hybridized carbons (Fsp3) is 0.625. The van der Waals surface area contributed by atoms with E-state index >= 15 is 0 Å². The molecule has 0 saturated heterocycles. The average molecular weight is 299 g/mol. The molecule has 21 heavy (non-hydrogen) atoms. The van der Waals surface area contributed by atoms with Gasteiger partial charge in [0.15, 0.2) is 0 Å². The number of aliphatic hydroxyl groups is 1. The fourth-order valence-electron chi connectivity index (χ4n) is 2.56. The number of ether oxygens (including phenoxy) is 1. The van der Waals surface area contributed by atoms with Crippen molar-refractivity contribution in [2.24, 2.45) is 5.92 Å². The van der Waals surface area contributed by atoms with Gasteiger partial charge in [0.1, 0.15) is 11.6 Å². The van der Waals surface area contributed by atoms with Gasteiger partial charge in [-0.2, -0.15) is 0 Å². The molecule has 1 atom stereocenters. The molecule has 0 aromatic heterocycles. The Morgan fingerprint density at radius 2 is 2.00 bits per heavy atom. The van der Waals surface area contributed by atoms with Gasteiger partial charge in [-0.25, -0.2) is 8.78 Å². The van der Waals surface area contributed by atoms with Gasteiger partial charge in [0.25, 0.3) is 0 Å². The Hall–Kier alpha value is -1.20. The quantitative estimate of drug-likeness (QED) is 0.846. The van der Waals surface area contributed by atoms with Gasteiger partial charge < -0.3 is 15.2 Å². The Kier molecular flexibility index (Phi) is 5.94. The molecular weight excluding hydrogens is 276 g/mol. The lowest BCUT2D eigenvalue weighted by molar-refractivity contribution is -0.0245. The molecule has 0 amide bonds. The molecule has 1 saturated carbocycles. The van der Waals surface area contributed by atoms with Crippen LogP contribution in [0.25, 0.3) is 0 Å². The monoisotopic (exact) mass is 299 g/mol. The van der Waals surface area contributed by atoms with Crippen molar-refractivity contribution >= 4 is 5.69 Å². The van der Waals surface area contributed by atoms with Gasteiger partial charge in [-0.1, -0.05) is 6.92 Å². The summed E-state index contributed by atoms with van der Waals surface area (Å²) in [5.74, 6) is -0.518. The van der Waals surface area contributed by atoms with E-state index in [4.69, 9.17) is 4.74 Å². The van der Waals surface area contributed by atoms with Crippen LogP contribution in [0.2, 0.25) is 0 Å². The summed E-state index contributed by atoms with van der Waals surface area (Å²) in [6.45, 7) is 2.65. The molecule has 1 aromatic carbocycles. The predicted molar refractivity (Wildman–Crippen MR) is 78.2 cm³/mol.